The van der Waals surface area contributed by atoms with E-state index in [9.17, 15) is 9.59 Å². The van der Waals surface area contributed by atoms with Gasteiger partial charge in [-0.1, -0.05) is 0 Å². The van der Waals surface area contributed by atoms with Gasteiger partial charge >= 0.3 is 11.9 Å². The Morgan fingerprint density at radius 1 is 0.966 bits per heavy atom. The first-order chi connectivity index (χ1) is 13.5. The molecular weight excluding hydrogens is 384 g/mol. The predicted molar refractivity (Wildman–Crippen MR) is 98.8 cm³/mol. The van der Waals surface area contributed by atoms with Crippen LogP contribution in [0.2, 0.25) is 0 Å². The molecular formula is C20H32O9. The zero-order valence-corrected chi connectivity index (χ0v) is 18.0. The first-order valence-electron chi connectivity index (χ1n) is 10.1. The highest BCUT2D eigenvalue weighted by molar-refractivity contribution is 5.81. The molecule has 9 nitrogen and oxygen atoms in total. The molecule has 0 bridgehead atoms. The van der Waals surface area contributed by atoms with Crippen LogP contribution in [0.3, 0.4) is 0 Å². The van der Waals surface area contributed by atoms with Crippen molar-refractivity contribution in [1.82, 2.24) is 0 Å². The summed E-state index contributed by atoms with van der Waals surface area (Å²) in [6.07, 6.45) is -1.60. The van der Waals surface area contributed by atoms with Gasteiger partial charge in [-0.3, -0.25) is 4.79 Å². The molecule has 0 amide bonds. The Bertz CT molecular complexity index is 631. The number of ether oxygens (including phenoxy) is 7. The maximum absolute atomic E-state index is 13.0. The first kappa shape index (κ1) is 22.4. The average molecular weight is 416 g/mol. The summed E-state index contributed by atoms with van der Waals surface area (Å²) in [5, 5.41) is 0. The van der Waals surface area contributed by atoms with Gasteiger partial charge in [-0.05, 0) is 41.0 Å². The SMILES string of the molecule is CCOC(=O)[C@@]1(CCC(=O)OC)C[C@H]2OC(C)(C)O[C@H]2[C@@H]([C@H]2COC(C)(C)O2)O1. The van der Waals surface area contributed by atoms with Gasteiger partial charge in [-0.2, -0.15) is 0 Å². The minimum absolute atomic E-state index is 0.0111. The lowest BCUT2D eigenvalue weighted by atomic mass is 9.83. The maximum Gasteiger partial charge on any atom is 0.338 e. The highest BCUT2D eigenvalue weighted by Crippen LogP contribution is 2.45. The normalized spacial score (nSPS) is 37.7. The van der Waals surface area contributed by atoms with Gasteiger partial charge in [0.1, 0.15) is 18.3 Å². The van der Waals surface area contributed by atoms with Gasteiger partial charge in [0, 0.05) is 12.8 Å². The number of esters is 2. The molecule has 0 N–H and O–H groups in total. The molecule has 5 atom stereocenters. The summed E-state index contributed by atoms with van der Waals surface area (Å²) in [6, 6.07) is 0. The number of hydrogen-bond acceptors (Lipinski definition) is 9. The van der Waals surface area contributed by atoms with Crippen LogP contribution in [-0.2, 0) is 42.7 Å². The van der Waals surface area contributed by atoms with Crippen LogP contribution in [-0.4, -0.2) is 73.9 Å². The third kappa shape index (κ3) is 4.74. The van der Waals surface area contributed by atoms with Crippen molar-refractivity contribution in [2.45, 2.75) is 95.5 Å². The van der Waals surface area contributed by atoms with Gasteiger partial charge in [-0.25, -0.2) is 4.79 Å². The monoisotopic (exact) mass is 416 g/mol. The molecule has 0 saturated carbocycles. The van der Waals surface area contributed by atoms with Crippen LogP contribution in [0.4, 0.5) is 0 Å². The van der Waals surface area contributed by atoms with E-state index in [4.69, 9.17) is 33.2 Å². The highest BCUT2D eigenvalue weighted by Gasteiger charge is 2.61. The lowest BCUT2D eigenvalue weighted by molar-refractivity contribution is -0.240. The van der Waals surface area contributed by atoms with Crippen molar-refractivity contribution in [2.24, 2.45) is 0 Å². The van der Waals surface area contributed by atoms with Crippen LogP contribution >= 0.6 is 0 Å². The lowest BCUT2D eigenvalue weighted by Crippen LogP contribution is -2.61. The Hall–Kier alpha value is -1.26. The van der Waals surface area contributed by atoms with Gasteiger partial charge in [0.15, 0.2) is 17.2 Å². The molecule has 0 unspecified atom stereocenters. The fraction of sp³-hybridized carbons (Fsp3) is 0.900. The van der Waals surface area contributed by atoms with E-state index in [1.165, 1.54) is 7.11 Å². The molecule has 3 aliphatic heterocycles. The summed E-state index contributed by atoms with van der Waals surface area (Å²) in [7, 11) is 1.31. The number of carbonyl (C=O) groups is 2. The molecule has 0 aliphatic carbocycles. The fourth-order valence-corrected chi connectivity index (χ4v) is 4.23. The zero-order valence-electron chi connectivity index (χ0n) is 18.0. The Morgan fingerprint density at radius 3 is 2.21 bits per heavy atom. The molecule has 0 spiro atoms. The van der Waals surface area contributed by atoms with E-state index in [2.05, 4.69) is 0 Å². The van der Waals surface area contributed by atoms with E-state index in [1.54, 1.807) is 6.92 Å². The van der Waals surface area contributed by atoms with Crippen molar-refractivity contribution in [3.63, 3.8) is 0 Å². The number of rotatable bonds is 6. The van der Waals surface area contributed by atoms with Gasteiger partial charge < -0.3 is 33.2 Å². The summed E-state index contributed by atoms with van der Waals surface area (Å²) in [6.45, 7) is 9.49. The zero-order chi connectivity index (χ0) is 21.4. The molecule has 3 fully saturated rings. The van der Waals surface area contributed by atoms with E-state index < -0.39 is 53.5 Å². The first-order valence-corrected chi connectivity index (χ1v) is 10.1. The molecule has 0 radical (unpaired) electrons. The Labute approximate surface area is 171 Å². The van der Waals surface area contributed by atoms with E-state index in [0.29, 0.717) is 6.61 Å². The van der Waals surface area contributed by atoms with Crippen LogP contribution in [0.25, 0.3) is 0 Å². The van der Waals surface area contributed by atoms with E-state index in [-0.39, 0.29) is 25.9 Å². The largest absolute Gasteiger partial charge is 0.469 e. The molecule has 3 heterocycles. The minimum atomic E-state index is -1.37. The Morgan fingerprint density at radius 2 is 1.62 bits per heavy atom. The van der Waals surface area contributed by atoms with Gasteiger partial charge in [0.25, 0.3) is 0 Å². The summed E-state index contributed by atoms with van der Waals surface area (Å²) < 4.78 is 40.4. The molecule has 29 heavy (non-hydrogen) atoms. The molecule has 3 saturated heterocycles. The van der Waals surface area contributed by atoms with Crippen LogP contribution in [0.1, 0.15) is 53.9 Å². The average Bonchev–Trinajstić information content (AvgIpc) is 3.16. The van der Waals surface area contributed by atoms with Crippen LogP contribution < -0.4 is 0 Å². The summed E-state index contributed by atoms with van der Waals surface area (Å²) in [5.74, 6) is -2.56. The van der Waals surface area contributed by atoms with E-state index in [0.717, 1.165) is 0 Å². The molecule has 9 heteroatoms. The van der Waals surface area contributed by atoms with Crippen molar-refractivity contribution in [3.05, 3.63) is 0 Å². The second-order valence-electron chi connectivity index (χ2n) is 8.58. The number of fused-ring (bicyclic) bond motifs is 1. The summed E-state index contributed by atoms with van der Waals surface area (Å²) in [4.78, 5) is 24.8. The highest BCUT2D eigenvalue weighted by atomic mass is 16.8. The van der Waals surface area contributed by atoms with Gasteiger partial charge in [0.05, 0.1) is 26.4 Å². The third-order valence-electron chi connectivity index (χ3n) is 5.44. The van der Waals surface area contributed by atoms with Crippen LogP contribution in [0.5, 0.6) is 0 Å². The van der Waals surface area contributed by atoms with Gasteiger partial charge in [0.2, 0.25) is 0 Å². The standard InChI is InChI=1S/C20H32O9/c1-7-24-17(22)20(9-8-14(21)23-6)10-12-15(28-19(4,5)26-12)16(29-20)13-11-25-18(2,3)27-13/h12-13,15-16H,7-11H2,1-6H3/t12-,13-,15-,16-,20-/m1/s1. The quantitative estimate of drug-likeness (QED) is 0.599. The Kier molecular flexibility index (Phi) is 6.27. The van der Waals surface area contributed by atoms with Crippen molar-refractivity contribution in [3.8, 4) is 0 Å². The lowest BCUT2D eigenvalue weighted by Gasteiger charge is -2.45. The molecule has 3 aliphatic rings. The number of methoxy groups -OCH3 is 1. The van der Waals surface area contributed by atoms with Crippen LogP contribution in [0.15, 0.2) is 0 Å². The summed E-state index contributed by atoms with van der Waals surface area (Å²) >= 11 is 0. The number of hydrogen-bond donors (Lipinski definition) is 0. The van der Waals surface area contributed by atoms with Crippen molar-refractivity contribution >= 4 is 11.9 Å². The predicted octanol–water partition coefficient (Wildman–Crippen LogP) is 1.70. The van der Waals surface area contributed by atoms with Crippen LogP contribution in [0, 0.1) is 0 Å². The van der Waals surface area contributed by atoms with Crippen molar-refractivity contribution < 1.29 is 42.7 Å². The molecule has 166 valence electrons. The van der Waals surface area contributed by atoms with E-state index in [1.807, 2.05) is 27.7 Å². The second-order valence-corrected chi connectivity index (χ2v) is 8.58. The molecule has 0 aromatic carbocycles. The minimum Gasteiger partial charge on any atom is -0.469 e. The number of carbonyl (C=O) groups excluding carboxylic acids is 2. The fourth-order valence-electron chi connectivity index (χ4n) is 4.23. The molecule has 0 aromatic rings. The summed E-state index contributed by atoms with van der Waals surface area (Å²) in [5.41, 5.74) is -1.37. The maximum atomic E-state index is 13.0. The second kappa shape index (κ2) is 8.11. The van der Waals surface area contributed by atoms with Crippen molar-refractivity contribution in [2.75, 3.05) is 20.3 Å². The third-order valence-corrected chi connectivity index (χ3v) is 5.44. The van der Waals surface area contributed by atoms with Crippen molar-refractivity contribution in [1.29, 1.82) is 0 Å². The molecule has 0 aromatic heterocycles. The van der Waals surface area contributed by atoms with Gasteiger partial charge in [-0.15, -0.1) is 0 Å². The molecule has 3 rings (SSSR count). The smallest absolute Gasteiger partial charge is 0.338 e. The Balaban J connectivity index is 1.91. The topological polar surface area (TPSA) is 98.8 Å². The van der Waals surface area contributed by atoms with E-state index >= 15 is 0 Å².